The smallest absolute Gasteiger partial charge is 0.318 e. The van der Waals surface area contributed by atoms with Gasteiger partial charge in [-0.2, -0.15) is 4.98 Å². The van der Waals surface area contributed by atoms with E-state index in [-0.39, 0.29) is 0 Å². The Morgan fingerprint density at radius 1 is 1.06 bits per heavy atom. The topological polar surface area (TPSA) is 98.3 Å². The van der Waals surface area contributed by atoms with Crippen molar-refractivity contribution >= 4 is 21.9 Å². The number of morpholine rings is 1. The molecule has 4 heterocycles. The molecule has 5 rings (SSSR count). The lowest BCUT2D eigenvalue weighted by Gasteiger charge is -2.26. The Hall–Kier alpha value is -3.30. The Morgan fingerprint density at radius 2 is 1.97 bits per heavy atom. The van der Waals surface area contributed by atoms with E-state index in [0.717, 1.165) is 84.6 Å². The van der Waals surface area contributed by atoms with E-state index < -0.39 is 0 Å². The monoisotopic (exact) mass is 448 g/mol. The highest BCUT2D eigenvalue weighted by molar-refractivity contribution is 6.01. The minimum Gasteiger partial charge on any atom is -0.493 e. The van der Waals surface area contributed by atoms with Crippen LogP contribution in [0.4, 0.5) is 0 Å². The molecule has 1 aromatic carbocycles. The van der Waals surface area contributed by atoms with Gasteiger partial charge in [0.05, 0.1) is 37.6 Å². The minimum absolute atomic E-state index is 0.376. The Balaban J connectivity index is 1.31. The average molecular weight is 449 g/mol. The van der Waals surface area contributed by atoms with Crippen molar-refractivity contribution in [2.75, 3.05) is 46.1 Å². The minimum atomic E-state index is 0.376. The third-order valence-electron chi connectivity index (χ3n) is 5.70. The Kier molecular flexibility index (Phi) is 6.59. The zero-order chi connectivity index (χ0) is 22.5. The first-order chi connectivity index (χ1) is 16.3. The molecule has 0 spiro atoms. The van der Waals surface area contributed by atoms with Crippen molar-refractivity contribution in [3.05, 3.63) is 36.9 Å². The number of aromatic nitrogens is 5. The van der Waals surface area contributed by atoms with Crippen LogP contribution in [0.25, 0.3) is 33.2 Å². The normalized spacial score (nSPS) is 14.7. The van der Waals surface area contributed by atoms with Gasteiger partial charge in [0.1, 0.15) is 17.7 Å². The summed E-state index contributed by atoms with van der Waals surface area (Å²) in [6, 6.07) is 6.34. The summed E-state index contributed by atoms with van der Waals surface area (Å²) in [6.45, 7) is 7.98. The van der Waals surface area contributed by atoms with Crippen molar-refractivity contribution in [1.82, 2.24) is 29.8 Å². The molecule has 1 saturated heterocycles. The lowest BCUT2D eigenvalue weighted by molar-refractivity contribution is 0.0358. The zero-order valence-corrected chi connectivity index (χ0v) is 18.8. The molecule has 0 aliphatic carbocycles. The molecule has 0 bridgehead atoms. The molecular formula is C24H28N6O3. The van der Waals surface area contributed by atoms with Crippen LogP contribution in [0.15, 0.2) is 36.9 Å². The maximum Gasteiger partial charge on any atom is 0.318 e. The Morgan fingerprint density at radius 3 is 2.85 bits per heavy atom. The summed E-state index contributed by atoms with van der Waals surface area (Å²) in [5.41, 5.74) is 3.32. The molecule has 0 unspecified atom stereocenters. The summed E-state index contributed by atoms with van der Waals surface area (Å²) in [4.78, 5) is 23.5. The number of hydrogen-bond acceptors (Lipinski definition) is 8. The number of aromatic amines is 1. The van der Waals surface area contributed by atoms with Gasteiger partial charge in [0.2, 0.25) is 0 Å². The second kappa shape index (κ2) is 10.1. The third kappa shape index (κ3) is 4.89. The number of rotatable bonds is 9. The SMILES string of the molecule is CCCOc1ncc2c(-c3ncnc4cc(OCCCN5CCOCC5)ccc34)c[nH]c2n1. The molecule has 1 aliphatic heterocycles. The second-order valence-corrected chi connectivity index (χ2v) is 8.02. The summed E-state index contributed by atoms with van der Waals surface area (Å²) in [5.74, 6) is 0.814. The van der Waals surface area contributed by atoms with Gasteiger partial charge in [0.15, 0.2) is 0 Å². The van der Waals surface area contributed by atoms with Crippen LogP contribution < -0.4 is 9.47 Å². The van der Waals surface area contributed by atoms with Crippen molar-refractivity contribution in [1.29, 1.82) is 0 Å². The van der Waals surface area contributed by atoms with Crippen LogP contribution in [-0.2, 0) is 4.74 Å². The lowest BCUT2D eigenvalue weighted by Crippen LogP contribution is -2.37. The van der Waals surface area contributed by atoms with E-state index in [4.69, 9.17) is 14.2 Å². The van der Waals surface area contributed by atoms with Gasteiger partial charge < -0.3 is 19.2 Å². The van der Waals surface area contributed by atoms with Crippen LogP contribution in [0.1, 0.15) is 19.8 Å². The van der Waals surface area contributed by atoms with Gasteiger partial charge in [-0.3, -0.25) is 4.90 Å². The summed E-state index contributed by atoms with van der Waals surface area (Å²) < 4.78 is 16.9. The van der Waals surface area contributed by atoms with Gasteiger partial charge >= 0.3 is 6.01 Å². The molecule has 1 fully saturated rings. The molecule has 4 aromatic rings. The quantitative estimate of drug-likeness (QED) is 0.389. The van der Waals surface area contributed by atoms with E-state index in [0.29, 0.717) is 19.2 Å². The van der Waals surface area contributed by atoms with Crippen molar-refractivity contribution in [3.63, 3.8) is 0 Å². The van der Waals surface area contributed by atoms with E-state index in [1.807, 2.05) is 31.3 Å². The Bertz CT molecular complexity index is 1220. The first-order valence-electron chi connectivity index (χ1n) is 11.5. The van der Waals surface area contributed by atoms with Gasteiger partial charge in [-0.15, -0.1) is 0 Å². The molecule has 0 saturated carbocycles. The van der Waals surface area contributed by atoms with E-state index >= 15 is 0 Å². The molecule has 0 amide bonds. The summed E-state index contributed by atoms with van der Waals surface area (Å²) >= 11 is 0. The van der Waals surface area contributed by atoms with E-state index in [1.165, 1.54) is 0 Å². The highest BCUT2D eigenvalue weighted by Gasteiger charge is 2.14. The van der Waals surface area contributed by atoms with Crippen LogP contribution in [0.3, 0.4) is 0 Å². The fourth-order valence-electron chi connectivity index (χ4n) is 3.99. The first kappa shape index (κ1) is 21.5. The molecule has 33 heavy (non-hydrogen) atoms. The van der Waals surface area contributed by atoms with Crippen LogP contribution in [0, 0.1) is 0 Å². The highest BCUT2D eigenvalue weighted by Crippen LogP contribution is 2.32. The number of nitrogens with zero attached hydrogens (tertiary/aromatic N) is 5. The van der Waals surface area contributed by atoms with Gasteiger partial charge in [0.25, 0.3) is 0 Å². The fourth-order valence-corrected chi connectivity index (χ4v) is 3.99. The standard InChI is InChI=1S/C24H28N6O3/c1-2-9-33-24-26-15-20-19(14-25-23(20)29-24)22-18-5-4-17(13-21(18)27-16-28-22)32-10-3-6-30-7-11-31-12-8-30/h4-5,13-16H,2-3,6-12H2,1H3,(H,25,26,29). The van der Waals surface area contributed by atoms with Gasteiger partial charge in [-0.25, -0.2) is 15.0 Å². The molecule has 3 aromatic heterocycles. The summed E-state index contributed by atoms with van der Waals surface area (Å²) in [5, 5.41) is 1.84. The number of hydrogen-bond donors (Lipinski definition) is 1. The average Bonchev–Trinajstić information content (AvgIpc) is 3.28. The predicted octanol–water partition coefficient (Wildman–Crippen LogP) is 3.46. The molecule has 0 atom stereocenters. The van der Waals surface area contributed by atoms with Crippen LogP contribution in [-0.4, -0.2) is 75.9 Å². The second-order valence-electron chi connectivity index (χ2n) is 8.02. The van der Waals surface area contributed by atoms with E-state index in [1.54, 1.807) is 12.5 Å². The van der Waals surface area contributed by atoms with Crippen LogP contribution in [0.2, 0.25) is 0 Å². The number of nitrogens with one attached hydrogen (secondary N) is 1. The molecule has 1 N–H and O–H groups in total. The number of fused-ring (bicyclic) bond motifs is 2. The van der Waals surface area contributed by atoms with E-state index in [2.05, 4.69) is 29.8 Å². The molecule has 9 heteroatoms. The van der Waals surface area contributed by atoms with Crippen LogP contribution >= 0.6 is 0 Å². The molecule has 172 valence electrons. The summed E-state index contributed by atoms with van der Waals surface area (Å²) in [6.07, 6.45) is 7.15. The van der Waals surface area contributed by atoms with Gasteiger partial charge in [-0.05, 0) is 25.0 Å². The predicted molar refractivity (Wildman–Crippen MR) is 126 cm³/mol. The number of benzene rings is 1. The maximum atomic E-state index is 5.99. The van der Waals surface area contributed by atoms with Crippen molar-refractivity contribution in [3.8, 4) is 23.0 Å². The number of ether oxygens (including phenoxy) is 3. The fraction of sp³-hybridized carbons (Fsp3) is 0.417. The van der Waals surface area contributed by atoms with Crippen molar-refractivity contribution < 1.29 is 14.2 Å². The lowest BCUT2D eigenvalue weighted by atomic mass is 10.1. The van der Waals surface area contributed by atoms with Crippen molar-refractivity contribution in [2.24, 2.45) is 0 Å². The zero-order valence-electron chi connectivity index (χ0n) is 18.8. The summed E-state index contributed by atoms with van der Waals surface area (Å²) in [7, 11) is 0. The van der Waals surface area contributed by atoms with Gasteiger partial charge in [-0.1, -0.05) is 6.92 Å². The van der Waals surface area contributed by atoms with E-state index in [9.17, 15) is 0 Å². The van der Waals surface area contributed by atoms with Crippen LogP contribution in [0.5, 0.6) is 11.8 Å². The maximum absolute atomic E-state index is 5.99. The first-order valence-corrected chi connectivity index (χ1v) is 11.5. The van der Waals surface area contributed by atoms with Crippen molar-refractivity contribution in [2.45, 2.75) is 19.8 Å². The largest absolute Gasteiger partial charge is 0.493 e. The molecule has 0 radical (unpaired) electrons. The number of H-pyrrole nitrogens is 1. The third-order valence-corrected chi connectivity index (χ3v) is 5.70. The molecule has 9 nitrogen and oxygen atoms in total. The molecule has 1 aliphatic rings. The molecular weight excluding hydrogens is 420 g/mol. The Labute approximate surface area is 192 Å². The highest BCUT2D eigenvalue weighted by atomic mass is 16.5. The van der Waals surface area contributed by atoms with Gasteiger partial charge in [0, 0.05) is 54.4 Å².